The molecule has 12 heavy (non-hydrogen) atoms. The summed E-state index contributed by atoms with van der Waals surface area (Å²) in [5, 5.41) is 0. The maximum atomic E-state index is 5.37. The van der Waals surface area contributed by atoms with Crippen molar-refractivity contribution in [2.24, 2.45) is 5.73 Å². The quantitative estimate of drug-likeness (QED) is 0.533. The van der Waals surface area contributed by atoms with Gasteiger partial charge in [0.1, 0.15) is 18.1 Å². The summed E-state index contributed by atoms with van der Waals surface area (Å²) in [4.78, 5) is 0. The third-order valence-electron chi connectivity index (χ3n) is 1.40. The molecule has 0 atom stereocenters. The minimum absolute atomic E-state index is 0.432. The maximum absolute atomic E-state index is 5.37. The molecule has 0 aliphatic rings. The molecule has 0 amide bonds. The zero-order chi connectivity index (χ0) is 8.81. The second kappa shape index (κ2) is 4.74. The third kappa shape index (κ3) is 2.53. The molecule has 0 spiro atoms. The minimum atomic E-state index is 0.432. The third-order valence-corrected chi connectivity index (χ3v) is 1.40. The average Bonchev–Trinajstić information content (AvgIpc) is 2.53. The highest BCUT2D eigenvalue weighted by Gasteiger charge is 1.98. The molecule has 0 fully saturated rings. The van der Waals surface area contributed by atoms with Crippen LogP contribution in [0.1, 0.15) is 11.5 Å². The summed E-state index contributed by atoms with van der Waals surface area (Å²) in [6.07, 6.45) is 1.70. The van der Waals surface area contributed by atoms with E-state index in [1.165, 1.54) is 0 Å². The van der Waals surface area contributed by atoms with Crippen LogP contribution in [0.3, 0.4) is 0 Å². The Morgan fingerprint density at radius 1 is 1.50 bits per heavy atom. The van der Waals surface area contributed by atoms with Crippen molar-refractivity contribution in [2.75, 3.05) is 6.61 Å². The summed E-state index contributed by atoms with van der Waals surface area (Å²) in [5.74, 6) is 1.59. The van der Waals surface area contributed by atoms with Gasteiger partial charge < -0.3 is 14.9 Å². The van der Waals surface area contributed by atoms with Gasteiger partial charge in [0.25, 0.3) is 0 Å². The topological polar surface area (TPSA) is 48.4 Å². The smallest absolute Gasteiger partial charge is 0.129 e. The standard InChI is InChI=1S/C9H13NO2/c1-2-5-11-7-9-4-3-8(6-10)12-9/h2-4H,1,5-7,10H2. The summed E-state index contributed by atoms with van der Waals surface area (Å²) < 4.78 is 10.5. The molecule has 66 valence electrons. The lowest BCUT2D eigenvalue weighted by atomic mass is 10.4. The molecule has 0 saturated heterocycles. The molecule has 2 N–H and O–H groups in total. The predicted octanol–water partition coefficient (Wildman–Crippen LogP) is 1.44. The molecule has 1 heterocycles. The van der Waals surface area contributed by atoms with Gasteiger partial charge in [-0.25, -0.2) is 0 Å². The Bertz CT molecular complexity index is 242. The van der Waals surface area contributed by atoms with E-state index in [9.17, 15) is 0 Å². The molecular formula is C9H13NO2. The number of furan rings is 1. The van der Waals surface area contributed by atoms with Gasteiger partial charge in [0.2, 0.25) is 0 Å². The van der Waals surface area contributed by atoms with E-state index in [0.29, 0.717) is 19.8 Å². The molecule has 0 saturated carbocycles. The lowest BCUT2D eigenvalue weighted by molar-refractivity contribution is 0.130. The Kier molecular flexibility index (Phi) is 3.57. The van der Waals surface area contributed by atoms with Crippen molar-refractivity contribution < 1.29 is 9.15 Å². The molecule has 3 heteroatoms. The van der Waals surface area contributed by atoms with Crippen LogP contribution in [0.2, 0.25) is 0 Å². The Hall–Kier alpha value is -1.06. The number of hydrogen-bond acceptors (Lipinski definition) is 3. The molecule has 0 aliphatic heterocycles. The Balaban J connectivity index is 2.36. The SMILES string of the molecule is C=CCOCc1ccc(CN)o1. The fraction of sp³-hybridized carbons (Fsp3) is 0.333. The van der Waals surface area contributed by atoms with Crippen LogP contribution in [0.25, 0.3) is 0 Å². The highest BCUT2D eigenvalue weighted by molar-refractivity contribution is 5.05. The highest BCUT2D eigenvalue weighted by atomic mass is 16.5. The van der Waals surface area contributed by atoms with Crippen LogP contribution in [0.4, 0.5) is 0 Å². The zero-order valence-corrected chi connectivity index (χ0v) is 6.95. The molecule has 0 radical (unpaired) electrons. The van der Waals surface area contributed by atoms with Crippen molar-refractivity contribution in [3.63, 3.8) is 0 Å². The molecule has 3 nitrogen and oxygen atoms in total. The second-order valence-electron chi connectivity index (χ2n) is 2.38. The lowest BCUT2D eigenvalue weighted by Gasteiger charge is -1.96. The van der Waals surface area contributed by atoms with Crippen LogP contribution in [0.15, 0.2) is 29.2 Å². The van der Waals surface area contributed by atoms with Crippen molar-refractivity contribution in [3.05, 3.63) is 36.3 Å². The summed E-state index contributed by atoms with van der Waals surface area (Å²) in [6, 6.07) is 3.72. The monoisotopic (exact) mass is 167 g/mol. The average molecular weight is 167 g/mol. The maximum Gasteiger partial charge on any atom is 0.129 e. The first-order valence-electron chi connectivity index (χ1n) is 3.83. The molecule has 1 rings (SSSR count). The summed E-state index contributed by atoms with van der Waals surface area (Å²) in [6.45, 7) is 4.99. The van der Waals surface area contributed by atoms with E-state index in [1.54, 1.807) is 6.08 Å². The van der Waals surface area contributed by atoms with Gasteiger partial charge in [-0.05, 0) is 12.1 Å². The van der Waals surface area contributed by atoms with Crippen molar-refractivity contribution in [1.82, 2.24) is 0 Å². The number of nitrogens with two attached hydrogens (primary N) is 1. The predicted molar refractivity (Wildman–Crippen MR) is 46.5 cm³/mol. The lowest BCUT2D eigenvalue weighted by Crippen LogP contribution is -1.93. The fourth-order valence-electron chi connectivity index (χ4n) is 0.852. The van der Waals surface area contributed by atoms with Crippen molar-refractivity contribution in [2.45, 2.75) is 13.2 Å². The van der Waals surface area contributed by atoms with E-state index in [4.69, 9.17) is 14.9 Å². The molecule has 1 aromatic heterocycles. The normalized spacial score (nSPS) is 10.1. The first kappa shape index (κ1) is 9.03. The van der Waals surface area contributed by atoms with Crippen molar-refractivity contribution in [1.29, 1.82) is 0 Å². The van der Waals surface area contributed by atoms with E-state index in [2.05, 4.69) is 6.58 Å². The van der Waals surface area contributed by atoms with Gasteiger partial charge in [-0.15, -0.1) is 6.58 Å². The molecule has 1 aromatic rings. The van der Waals surface area contributed by atoms with Crippen LogP contribution >= 0.6 is 0 Å². The van der Waals surface area contributed by atoms with E-state index in [0.717, 1.165) is 11.5 Å². The number of hydrogen-bond donors (Lipinski definition) is 1. The van der Waals surface area contributed by atoms with Crippen LogP contribution in [0, 0.1) is 0 Å². The summed E-state index contributed by atoms with van der Waals surface area (Å²) in [7, 11) is 0. The van der Waals surface area contributed by atoms with Crippen molar-refractivity contribution in [3.8, 4) is 0 Å². The van der Waals surface area contributed by atoms with Crippen molar-refractivity contribution >= 4 is 0 Å². The molecule has 0 aliphatic carbocycles. The number of ether oxygens (including phenoxy) is 1. The van der Waals surface area contributed by atoms with Gasteiger partial charge in [0, 0.05) is 0 Å². The Morgan fingerprint density at radius 2 is 2.25 bits per heavy atom. The largest absolute Gasteiger partial charge is 0.462 e. The Labute approximate surface area is 71.8 Å². The van der Waals surface area contributed by atoms with Gasteiger partial charge in [-0.1, -0.05) is 6.08 Å². The van der Waals surface area contributed by atoms with Gasteiger partial charge in [-0.3, -0.25) is 0 Å². The number of rotatable bonds is 5. The van der Waals surface area contributed by atoms with Crippen LogP contribution in [0.5, 0.6) is 0 Å². The molecule has 0 unspecified atom stereocenters. The van der Waals surface area contributed by atoms with E-state index >= 15 is 0 Å². The minimum Gasteiger partial charge on any atom is -0.462 e. The van der Waals surface area contributed by atoms with Crippen LogP contribution in [-0.2, 0) is 17.9 Å². The fourth-order valence-corrected chi connectivity index (χ4v) is 0.852. The van der Waals surface area contributed by atoms with Crippen LogP contribution < -0.4 is 5.73 Å². The van der Waals surface area contributed by atoms with Gasteiger partial charge in [0.15, 0.2) is 0 Å². The first-order valence-corrected chi connectivity index (χ1v) is 3.83. The highest BCUT2D eigenvalue weighted by Crippen LogP contribution is 2.07. The molecule has 0 aromatic carbocycles. The first-order chi connectivity index (χ1) is 5.86. The van der Waals surface area contributed by atoms with Gasteiger partial charge in [0.05, 0.1) is 13.2 Å². The van der Waals surface area contributed by atoms with Crippen LogP contribution in [-0.4, -0.2) is 6.61 Å². The second-order valence-corrected chi connectivity index (χ2v) is 2.38. The molecule has 0 bridgehead atoms. The zero-order valence-electron chi connectivity index (χ0n) is 6.95. The Morgan fingerprint density at radius 3 is 2.83 bits per heavy atom. The summed E-state index contributed by atoms with van der Waals surface area (Å²) >= 11 is 0. The summed E-state index contributed by atoms with van der Waals surface area (Å²) in [5.41, 5.74) is 5.37. The van der Waals surface area contributed by atoms with E-state index in [-0.39, 0.29) is 0 Å². The van der Waals surface area contributed by atoms with E-state index < -0.39 is 0 Å². The molecular weight excluding hydrogens is 154 g/mol. The van der Waals surface area contributed by atoms with E-state index in [1.807, 2.05) is 12.1 Å². The van der Waals surface area contributed by atoms with Gasteiger partial charge >= 0.3 is 0 Å². The van der Waals surface area contributed by atoms with Gasteiger partial charge in [-0.2, -0.15) is 0 Å².